The standard InChI is InChI=1S/C23H27BrClN3O/c1-2-12-28(16-17-14-18(24)5-8-23(17)29)13-4-3-10-26-21-9-11-27-22-15-19(25)6-7-20(21)22/h5-9,11,14-15,29H,2-4,10,12-13,16H2,1H3,(H,26,27). The van der Waals surface area contributed by atoms with Crippen LogP contribution in [0.1, 0.15) is 31.7 Å². The van der Waals surface area contributed by atoms with E-state index in [9.17, 15) is 5.11 Å². The number of aromatic hydroxyl groups is 1. The lowest BCUT2D eigenvalue weighted by atomic mass is 10.1. The zero-order valence-corrected chi connectivity index (χ0v) is 19.0. The molecule has 0 atom stereocenters. The monoisotopic (exact) mass is 475 g/mol. The lowest BCUT2D eigenvalue weighted by Crippen LogP contribution is -2.25. The van der Waals surface area contributed by atoms with Crippen LogP contribution in [0.2, 0.25) is 5.02 Å². The molecule has 0 fully saturated rings. The smallest absolute Gasteiger partial charge is 0.120 e. The maximum absolute atomic E-state index is 10.1. The molecule has 0 radical (unpaired) electrons. The van der Waals surface area contributed by atoms with E-state index >= 15 is 0 Å². The number of halogens is 2. The molecule has 0 unspecified atom stereocenters. The third-order valence-corrected chi connectivity index (χ3v) is 5.63. The second kappa shape index (κ2) is 10.8. The minimum Gasteiger partial charge on any atom is -0.508 e. The van der Waals surface area contributed by atoms with Gasteiger partial charge in [-0.05, 0) is 74.8 Å². The Bertz CT molecular complexity index is 951. The van der Waals surface area contributed by atoms with E-state index in [0.717, 1.165) is 72.1 Å². The molecular weight excluding hydrogens is 450 g/mol. The Morgan fingerprint density at radius 3 is 2.79 bits per heavy atom. The number of nitrogens with zero attached hydrogens (tertiary/aromatic N) is 2. The molecule has 4 nitrogen and oxygen atoms in total. The molecule has 29 heavy (non-hydrogen) atoms. The van der Waals surface area contributed by atoms with Crippen molar-refractivity contribution in [2.24, 2.45) is 0 Å². The summed E-state index contributed by atoms with van der Waals surface area (Å²) >= 11 is 9.56. The predicted octanol–water partition coefficient (Wildman–Crippen LogP) is 6.46. The summed E-state index contributed by atoms with van der Waals surface area (Å²) in [5.74, 6) is 0.362. The number of hydrogen-bond donors (Lipinski definition) is 2. The van der Waals surface area contributed by atoms with Crippen molar-refractivity contribution in [3.63, 3.8) is 0 Å². The molecule has 0 aliphatic rings. The van der Waals surface area contributed by atoms with Crippen molar-refractivity contribution >= 4 is 44.1 Å². The second-order valence-corrected chi connectivity index (χ2v) is 8.56. The average Bonchev–Trinajstić information content (AvgIpc) is 2.70. The molecule has 0 saturated carbocycles. The Morgan fingerprint density at radius 1 is 1.10 bits per heavy atom. The molecule has 3 rings (SSSR count). The molecular formula is C23H27BrClN3O. The molecule has 3 aromatic rings. The number of nitrogens with one attached hydrogen (secondary N) is 1. The van der Waals surface area contributed by atoms with Crippen LogP contribution in [0, 0.1) is 0 Å². The molecule has 0 aliphatic carbocycles. The number of fused-ring (bicyclic) bond motifs is 1. The van der Waals surface area contributed by atoms with Crippen molar-refractivity contribution in [3.8, 4) is 5.75 Å². The Labute approximate surface area is 186 Å². The summed E-state index contributed by atoms with van der Waals surface area (Å²) < 4.78 is 0.997. The molecule has 154 valence electrons. The molecule has 0 amide bonds. The first-order valence-electron chi connectivity index (χ1n) is 10.0. The number of benzene rings is 2. The van der Waals surface area contributed by atoms with Gasteiger partial charge < -0.3 is 10.4 Å². The van der Waals surface area contributed by atoms with Crippen LogP contribution in [-0.4, -0.2) is 34.6 Å². The van der Waals surface area contributed by atoms with Crippen LogP contribution in [0.5, 0.6) is 5.75 Å². The van der Waals surface area contributed by atoms with E-state index in [4.69, 9.17) is 11.6 Å². The highest BCUT2D eigenvalue weighted by Gasteiger charge is 2.09. The number of rotatable bonds is 10. The minimum absolute atomic E-state index is 0.362. The van der Waals surface area contributed by atoms with Gasteiger partial charge in [-0.3, -0.25) is 9.88 Å². The Morgan fingerprint density at radius 2 is 1.97 bits per heavy atom. The maximum atomic E-state index is 10.1. The van der Waals surface area contributed by atoms with Crippen LogP contribution in [-0.2, 0) is 6.54 Å². The molecule has 2 N–H and O–H groups in total. The fourth-order valence-electron chi connectivity index (χ4n) is 3.47. The van der Waals surface area contributed by atoms with Crippen molar-refractivity contribution in [2.75, 3.05) is 25.0 Å². The summed E-state index contributed by atoms with van der Waals surface area (Å²) in [7, 11) is 0. The fraction of sp³-hybridized carbons (Fsp3) is 0.348. The number of pyridine rings is 1. The van der Waals surface area contributed by atoms with Crippen molar-refractivity contribution in [1.82, 2.24) is 9.88 Å². The Hall–Kier alpha value is -1.82. The van der Waals surface area contributed by atoms with Crippen LogP contribution in [0.25, 0.3) is 10.9 Å². The van der Waals surface area contributed by atoms with Crippen LogP contribution < -0.4 is 5.32 Å². The Kier molecular flexibility index (Phi) is 8.16. The zero-order valence-electron chi connectivity index (χ0n) is 16.7. The highest BCUT2D eigenvalue weighted by atomic mass is 79.9. The van der Waals surface area contributed by atoms with Crippen LogP contribution in [0.15, 0.2) is 53.1 Å². The number of hydrogen-bond acceptors (Lipinski definition) is 4. The second-order valence-electron chi connectivity index (χ2n) is 7.20. The summed E-state index contributed by atoms with van der Waals surface area (Å²) in [5.41, 5.74) is 2.97. The zero-order chi connectivity index (χ0) is 20.6. The molecule has 2 aromatic carbocycles. The molecule has 1 heterocycles. The van der Waals surface area contributed by atoms with Gasteiger partial charge >= 0.3 is 0 Å². The highest BCUT2D eigenvalue weighted by molar-refractivity contribution is 9.10. The number of anilines is 1. The normalized spacial score (nSPS) is 11.3. The van der Waals surface area contributed by atoms with Gasteiger partial charge in [0, 0.05) is 45.4 Å². The van der Waals surface area contributed by atoms with E-state index < -0.39 is 0 Å². The lowest BCUT2D eigenvalue weighted by Gasteiger charge is -2.22. The highest BCUT2D eigenvalue weighted by Crippen LogP contribution is 2.25. The first kappa shape index (κ1) is 21.9. The SMILES string of the molecule is CCCN(CCCCNc1ccnc2cc(Cl)ccc12)Cc1cc(Br)ccc1O. The molecule has 1 aromatic heterocycles. The average molecular weight is 477 g/mol. The van der Waals surface area contributed by atoms with Crippen molar-refractivity contribution in [2.45, 2.75) is 32.7 Å². The van der Waals surface area contributed by atoms with E-state index in [-0.39, 0.29) is 0 Å². The van der Waals surface area contributed by atoms with Crippen LogP contribution >= 0.6 is 27.5 Å². The molecule has 0 aliphatic heterocycles. The predicted molar refractivity (Wildman–Crippen MR) is 126 cm³/mol. The summed E-state index contributed by atoms with van der Waals surface area (Å²) in [6, 6.07) is 13.4. The summed E-state index contributed by atoms with van der Waals surface area (Å²) in [6.07, 6.45) is 5.08. The van der Waals surface area contributed by atoms with Gasteiger partial charge in [0.05, 0.1) is 5.52 Å². The number of phenolic OH excluding ortho intramolecular Hbond substituents is 1. The van der Waals surface area contributed by atoms with E-state index in [1.165, 1.54) is 0 Å². The number of aromatic nitrogens is 1. The molecule has 0 spiro atoms. The number of unbranched alkanes of at least 4 members (excludes halogenated alkanes) is 1. The van der Waals surface area contributed by atoms with Gasteiger partial charge in [-0.25, -0.2) is 0 Å². The van der Waals surface area contributed by atoms with Gasteiger partial charge in [0.1, 0.15) is 5.75 Å². The summed E-state index contributed by atoms with van der Waals surface area (Å²) in [6.45, 7) is 5.89. The largest absolute Gasteiger partial charge is 0.508 e. The molecule has 0 bridgehead atoms. The first-order chi connectivity index (χ1) is 14.1. The van der Waals surface area contributed by atoms with Crippen molar-refractivity contribution in [1.29, 1.82) is 0 Å². The van der Waals surface area contributed by atoms with E-state index in [2.05, 4.69) is 38.1 Å². The van der Waals surface area contributed by atoms with E-state index in [1.807, 2.05) is 42.6 Å². The van der Waals surface area contributed by atoms with Gasteiger partial charge in [0.25, 0.3) is 0 Å². The maximum Gasteiger partial charge on any atom is 0.120 e. The fourth-order valence-corrected chi connectivity index (χ4v) is 4.04. The Balaban J connectivity index is 1.50. The van der Waals surface area contributed by atoms with Crippen LogP contribution in [0.3, 0.4) is 0 Å². The topological polar surface area (TPSA) is 48.4 Å². The van der Waals surface area contributed by atoms with Gasteiger partial charge in [-0.2, -0.15) is 0 Å². The number of phenols is 1. The minimum atomic E-state index is 0.362. The van der Waals surface area contributed by atoms with Gasteiger partial charge in [0.2, 0.25) is 0 Å². The van der Waals surface area contributed by atoms with Gasteiger partial charge in [-0.15, -0.1) is 0 Å². The van der Waals surface area contributed by atoms with Gasteiger partial charge in [-0.1, -0.05) is 34.5 Å². The van der Waals surface area contributed by atoms with Crippen molar-refractivity contribution < 1.29 is 5.11 Å². The third-order valence-electron chi connectivity index (χ3n) is 4.90. The van der Waals surface area contributed by atoms with Crippen molar-refractivity contribution in [3.05, 3.63) is 63.7 Å². The van der Waals surface area contributed by atoms with Gasteiger partial charge in [0.15, 0.2) is 0 Å². The molecule has 6 heteroatoms. The molecule has 0 saturated heterocycles. The van der Waals surface area contributed by atoms with Crippen LogP contribution in [0.4, 0.5) is 5.69 Å². The van der Waals surface area contributed by atoms with E-state index in [1.54, 1.807) is 6.07 Å². The third kappa shape index (κ3) is 6.33. The first-order valence-corrected chi connectivity index (χ1v) is 11.2. The summed E-state index contributed by atoms with van der Waals surface area (Å²) in [5, 5.41) is 15.4. The lowest BCUT2D eigenvalue weighted by molar-refractivity contribution is 0.257. The summed E-state index contributed by atoms with van der Waals surface area (Å²) in [4.78, 5) is 6.80. The van der Waals surface area contributed by atoms with E-state index in [0.29, 0.717) is 10.8 Å². The quantitative estimate of drug-likeness (QED) is 0.330.